The zero-order valence-corrected chi connectivity index (χ0v) is 20.0. The maximum atomic E-state index is 15.2. The number of nitrogens with zero attached hydrogens (tertiary/aromatic N) is 4. The van der Waals surface area contributed by atoms with E-state index in [0.717, 1.165) is 16.5 Å². The molecule has 0 bridgehead atoms. The predicted molar refractivity (Wildman–Crippen MR) is 133 cm³/mol. The summed E-state index contributed by atoms with van der Waals surface area (Å²) in [4.78, 5) is 47.6. The third-order valence-electron chi connectivity index (χ3n) is 6.34. The third-order valence-corrected chi connectivity index (χ3v) is 6.63. The molecule has 2 saturated heterocycles. The number of hydrogen-bond donors (Lipinski definition) is 0. The van der Waals surface area contributed by atoms with Crippen LogP contribution in [0.4, 0.5) is 20.6 Å². The quantitative estimate of drug-likeness (QED) is 0.491. The fraction of sp³-hybridized carbons (Fsp3) is 0.185. The summed E-state index contributed by atoms with van der Waals surface area (Å²) in [7, 11) is 0. The average molecular weight is 503 g/mol. The molecule has 3 aromatic rings. The summed E-state index contributed by atoms with van der Waals surface area (Å²) < 4.78 is 15.2. The van der Waals surface area contributed by atoms with Crippen molar-refractivity contribution in [2.45, 2.75) is 18.9 Å². The number of carbonyl (C=O) groups is 3. The van der Waals surface area contributed by atoms with Gasteiger partial charge in [0.1, 0.15) is 17.0 Å². The number of pyridine rings is 1. The van der Waals surface area contributed by atoms with Crippen LogP contribution in [0.5, 0.6) is 0 Å². The lowest BCUT2D eigenvalue weighted by atomic mass is 9.88. The molecular formula is C27H20ClFN4O3. The van der Waals surface area contributed by atoms with E-state index >= 15 is 4.39 Å². The molecule has 3 heterocycles. The van der Waals surface area contributed by atoms with Gasteiger partial charge in [0.25, 0.3) is 5.91 Å². The lowest BCUT2D eigenvalue weighted by Gasteiger charge is -2.51. The second-order valence-corrected chi connectivity index (χ2v) is 9.09. The first kappa shape index (κ1) is 23.5. The summed E-state index contributed by atoms with van der Waals surface area (Å²) in [5, 5.41) is -0.127. The topological polar surface area (TPSA) is 73.8 Å². The van der Waals surface area contributed by atoms with Crippen molar-refractivity contribution in [3.05, 3.63) is 89.0 Å². The summed E-state index contributed by atoms with van der Waals surface area (Å²) in [5.74, 6) is 3.79. The van der Waals surface area contributed by atoms with Gasteiger partial charge in [-0.25, -0.2) is 14.1 Å². The van der Waals surface area contributed by atoms with E-state index < -0.39 is 29.2 Å². The molecule has 2 fully saturated rings. The molecule has 4 amide bonds. The highest BCUT2D eigenvalue weighted by atomic mass is 35.5. The highest BCUT2D eigenvalue weighted by molar-refractivity contribution is 6.35. The van der Waals surface area contributed by atoms with Gasteiger partial charge in [0, 0.05) is 30.4 Å². The van der Waals surface area contributed by atoms with Crippen molar-refractivity contribution in [2.75, 3.05) is 22.9 Å². The fourth-order valence-corrected chi connectivity index (χ4v) is 4.82. The third kappa shape index (κ3) is 3.97. The van der Waals surface area contributed by atoms with Crippen molar-refractivity contribution in [3.8, 4) is 11.8 Å². The molecule has 2 aromatic carbocycles. The Bertz CT molecular complexity index is 1410. The van der Waals surface area contributed by atoms with E-state index in [2.05, 4.69) is 16.8 Å². The number of urea groups is 1. The average Bonchev–Trinajstić information content (AvgIpc) is 2.86. The number of hydrogen-bond acceptors (Lipinski definition) is 4. The molecule has 1 atom stereocenters. The van der Waals surface area contributed by atoms with Crippen molar-refractivity contribution >= 4 is 40.8 Å². The summed E-state index contributed by atoms with van der Waals surface area (Å²) in [6.07, 6.45) is 2.82. The van der Waals surface area contributed by atoms with Gasteiger partial charge in [-0.3, -0.25) is 14.6 Å². The second-order valence-electron chi connectivity index (χ2n) is 8.69. The zero-order chi connectivity index (χ0) is 25.4. The zero-order valence-electron chi connectivity index (χ0n) is 19.2. The Morgan fingerprint density at radius 2 is 1.75 bits per heavy atom. The minimum absolute atomic E-state index is 0.127. The van der Waals surface area contributed by atoms with E-state index in [0.29, 0.717) is 11.3 Å². The van der Waals surface area contributed by atoms with Gasteiger partial charge in [0.15, 0.2) is 0 Å². The monoisotopic (exact) mass is 502 g/mol. The summed E-state index contributed by atoms with van der Waals surface area (Å²) >= 11 is 6.37. The Balaban J connectivity index is 1.45. The van der Waals surface area contributed by atoms with Crippen molar-refractivity contribution < 1.29 is 18.8 Å². The number of amides is 4. The van der Waals surface area contributed by atoms with Crippen LogP contribution < -0.4 is 9.80 Å². The molecule has 5 rings (SSSR count). The van der Waals surface area contributed by atoms with Crippen LogP contribution in [-0.2, 0) is 9.59 Å². The first-order chi connectivity index (χ1) is 17.3. The van der Waals surface area contributed by atoms with Crippen molar-refractivity contribution in [3.63, 3.8) is 0 Å². The number of rotatable bonds is 2. The van der Waals surface area contributed by atoms with Crippen LogP contribution in [0.15, 0.2) is 67.0 Å². The number of halogens is 2. The Labute approximate surface area is 212 Å². The molecule has 0 radical (unpaired) electrons. The van der Waals surface area contributed by atoms with Crippen LogP contribution in [0.2, 0.25) is 5.02 Å². The number of carbonyl (C=O) groups excluding carboxylic acids is 3. The second kappa shape index (κ2) is 9.10. The highest BCUT2D eigenvalue weighted by Gasteiger charge is 2.56. The maximum Gasteiger partial charge on any atom is 0.332 e. The number of anilines is 2. The Kier molecular flexibility index (Phi) is 5.94. The number of aromatic nitrogens is 1. The highest BCUT2D eigenvalue weighted by Crippen LogP contribution is 2.39. The Morgan fingerprint density at radius 3 is 2.44 bits per heavy atom. The molecule has 36 heavy (non-hydrogen) atoms. The molecule has 2 aliphatic heterocycles. The van der Waals surface area contributed by atoms with Gasteiger partial charge in [0.2, 0.25) is 5.91 Å². The Morgan fingerprint density at radius 1 is 1.00 bits per heavy atom. The van der Waals surface area contributed by atoms with Gasteiger partial charge in [-0.15, -0.1) is 0 Å². The molecule has 0 N–H and O–H groups in total. The fourth-order valence-electron chi connectivity index (χ4n) is 4.53. The standard InChI is InChI=1S/C27H20ClFN4O3/c1-27-16-23(34)33(26(36)32(27)13-12-31(25(27)35)20-8-5-11-30-17-20)24-21(28)14-19(15-22(24)29)10-9-18-6-3-2-4-7-18/h2-8,11,14-15,17H,12-13,16H2,1H3. The van der Waals surface area contributed by atoms with Crippen LogP contribution in [0, 0.1) is 17.7 Å². The van der Waals surface area contributed by atoms with Gasteiger partial charge in [-0.05, 0) is 43.3 Å². The van der Waals surface area contributed by atoms with E-state index in [-0.39, 0.29) is 30.2 Å². The maximum absolute atomic E-state index is 15.2. The van der Waals surface area contributed by atoms with Gasteiger partial charge < -0.3 is 9.80 Å². The molecule has 0 aliphatic carbocycles. The van der Waals surface area contributed by atoms with E-state index in [1.807, 2.05) is 30.3 Å². The minimum atomic E-state index is -1.41. The molecular weight excluding hydrogens is 483 g/mol. The van der Waals surface area contributed by atoms with E-state index in [1.54, 1.807) is 31.5 Å². The lowest BCUT2D eigenvalue weighted by Crippen LogP contribution is -2.72. The summed E-state index contributed by atoms with van der Waals surface area (Å²) in [6, 6.07) is 14.4. The van der Waals surface area contributed by atoms with E-state index in [4.69, 9.17) is 11.6 Å². The van der Waals surface area contributed by atoms with Gasteiger partial charge in [-0.2, -0.15) is 0 Å². The number of imide groups is 1. The molecule has 0 spiro atoms. The van der Waals surface area contributed by atoms with Gasteiger partial charge >= 0.3 is 6.03 Å². The number of piperazine rings is 1. The van der Waals surface area contributed by atoms with Gasteiger partial charge in [-0.1, -0.05) is 41.6 Å². The predicted octanol–water partition coefficient (Wildman–Crippen LogP) is 4.24. The van der Waals surface area contributed by atoms with Crippen LogP contribution in [0.25, 0.3) is 0 Å². The molecule has 1 unspecified atom stereocenters. The molecule has 180 valence electrons. The van der Waals surface area contributed by atoms with Gasteiger partial charge in [0.05, 0.1) is 23.3 Å². The molecule has 1 aromatic heterocycles. The molecule has 0 saturated carbocycles. The molecule has 7 nitrogen and oxygen atoms in total. The van der Waals surface area contributed by atoms with Crippen molar-refractivity contribution in [1.82, 2.24) is 9.88 Å². The smallest absolute Gasteiger partial charge is 0.307 e. The number of fused-ring (bicyclic) bond motifs is 1. The van der Waals surface area contributed by atoms with Crippen LogP contribution in [0.1, 0.15) is 24.5 Å². The first-order valence-electron chi connectivity index (χ1n) is 11.2. The first-order valence-corrected chi connectivity index (χ1v) is 11.6. The van der Waals surface area contributed by atoms with Crippen molar-refractivity contribution in [2.24, 2.45) is 0 Å². The summed E-state index contributed by atoms with van der Waals surface area (Å²) in [6.45, 7) is 1.91. The SMILES string of the molecule is CC12CC(=O)N(c3c(F)cc(C#Cc4ccccc4)cc3Cl)C(=O)N1CCN(c1cccnc1)C2=O. The van der Waals surface area contributed by atoms with E-state index in [1.165, 1.54) is 15.9 Å². The minimum Gasteiger partial charge on any atom is -0.307 e. The van der Waals surface area contributed by atoms with Crippen molar-refractivity contribution in [1.29, 1.82) is 0 Å². The van der Waals surface area contributed by atoms with Crippen LogP contribution in [-0.4, -0.2) is 46.4 Å². The normalized spacial score (nSPS) is 19.6. The summed E-state index contributed by atoms with van der Waals surface area (Å²) in [5.41, 5.74) is -0.142. The number of benzene rings is 2. The van der Waals surface area contributed by atoms with Crippen LogP contribution in [0.3, 0.4) is 0 Å². The molecule has 9 heteroatoms. The lowest BCUT2D eigenvalue weighted by molar-refractivity contribution is -0.137. The molecule has 2 aliphatic rings. The Hall–Kier alpha value is -4.22. The van der Waals surface area contributed by atoms with Crippen LogP contribution >= 0.6 is 11.6 Å². The largest absolute Gasteiger partial charge is 0.332 e. The van der Waals surface area contributed by atoms with E-state index in [9.17, 15) is 14.4 Å².